The summed E-state index contributed by atoms with van der Waals surface area (Å²) in [6.45, 7) is 9.54. The summed E-state index contributed by atoms with van der Waals surface area (Å²) in [5.41, 5.74) is -0.141. The van der Waals surface area contributed by atoms with Crippen molar-refractivity contribution in [3.8, 4) is 0 Å². The largest absolute Gasteiger partial charge is 0.394 e. The Morgan fingerprint density at radius 2 is 1.95 bits per heavy atom. The Morgan fingerprint density at radius 3 is 2.53 bits per heavy atom. The topological polar surface area (TPSA) is 32.7 Å². The highest BCUT2D eigenvalue weighted by molar-refractivity contribution is 4.84. The minimum atomic E-state index is -0.141. The van der Waals surface area contributed by atoms with Gasteiger partial charge in [-0.15, -0.1) is 0 Å². The molecule has 1 aliphatic carbocycles. The van der Waals surface area contributed by atoms with Crippen molar-refractivity contribution in [1.82, 2.24) is 4.90 Å². The summed E-state index contributed by atoms with van der Waals surface area (Å²) in [6.07, 6.45) is 6.82. The van der Waals surface area contributed by atoms with Gasteiger partial charge in [0.05, 0.1) is 13.2 Å². The lowest BCUT2D eigenvalue weighted by molar-refractivity contribution is 0.0175. The van der Waals surface area contributed by atoms with Gasteiger partial charge in [0.2, 0.25) is 0 Å². The first-order valence-electron chi connectivity index (χ1n) is 7.88. The van der Waals surface area contributed by atoms with E-state index in [1.54, 1.807) is 7.11 Å². The van der Waals surface area contributed by atoms with E-state index in [0.29, 0.717) is 0 Å². The van der Waals surface area contributed by atoms with E-state index in [1.807, 2.05) is 0 Å². The van der Waals surface area contributed by atoms with Crippen molar-refractivity contribution in [2.24, 2.45) is 11.8 Å². The van der Waals surface area contributed by atoms with Crippen LogP contribution in [0.15, 0.2) is 0 Å². The Morgan fingerprint density at radius 1 is 1.26 bits per heavy atom. The second-order valence-electron chi connectivity index (χ2n) is 6.72. The molecular weight excluding hydrogens is 238 g/mol. The predicted molar refractivity (Wildman–Crippen MR) is 80.4 cm³/mol. The fourth-order valence-electron chi connectivity index (χ4n) is 3.19. The van der Waals surface area contributed by atoms with Crippen molar-refractivity contribution in [2.75, 3.05) is 33.4 Å². The molecule has 0 aromatic carbocycles. The zero-order chi connectivity index (χ0) is 14.3. The van der Waals surface area contributed by atoms with E-state index in [4.69, 9.17) is 4.74 Å². The van der Waals surface area contributed by atoms with Gasteiger partial charge in [0, 0.05) is 25.7 Å². The molecule has 1 aliphatic rings. The molecule has 0 spiro atoms. The summed E-state index contributed by atoms with van der Waals surface area (Å²) in [6, 6.07) is 0. The molecular formula is C16H33NO2. The first-order valence-corrected chi connectivity index (χ1v) is 7.88. The van der Waals surface area contributed by atoms with Gasteiger partial charge in [0.25, 0.3) is 0 Å². The third-order valence-electron chi connectivity index (χ3n) is 4.76. The summed E-state index contributed by atoms with van der Waals surface area (Å²) in [5, 5.41) is 9.61. The molecule has 1 fully saturated rings. The molecule has 0 saturated heterocycles. The SMILES string of the molecule is CC[C@H]1CCC[C@H](CN(CCOC)C(C)(C)CO)C1. The highest BCUT2D eigenvalue weighted by atomic mass is 16.5. The van der Waals surface area contributed by atoms with Gasteiger partial charge in [-0.25, -0.2) is 0 Å². The Kier molecular flexibility index (Phi) is 7.33. The highest BCUT2D eigenvalue weighted by Crippen LogP contribution is 2.32. The van der Waals surface area contributed by atoms with E-state index in [-0.39, 0.29) is 12.1 Å². The lowest BCUT2D eigenvalue weighted by Crippen LogP contribution is -2.50. The normalized spacial score (nSPS) is 24.9. The van der Waals surface area contributed by atoms with Gasteiger partial charge in [-0.1, -0.05) is 26.2 Å². The van der Waals surface area contributed by atoms with Crippen molar-refractivity contribution in [2.45, 2.75) is 58.4 Å². The van der Waals surface area contributed by atoms with Gasteiger partial charge in [-0.05, 0) is 38.5 Å². The number of ether oxygens (including phenoxy) is 1. The van der Waals surface area contributed by atoms with Gasteiger partial charge in [-0.3, -0.25) is 4.90 Å². The van der Waals surface area contributed by atoms with Crippen LogP contribution in [0.2, 0.25) is 0 Å². The third-order valence-corrected chi connectivity index (χ3v) is 4.76. The maximum atomic E-state index is 9.61. The fourth-order valence-corrected chi connectivity index (χ4v) is 3.19. The molecule has 0 unspecified atom stereocenters. The Bertz CT molecular complexity index is 243. The molecule has 0 bridgehead atoms. The van der Waals surface area contributed by atoms with E-state index in [2.05, 4.69) is 25.7 Å². The first-order chi connectivity index (χ1) is 9.03. The summed E-state index contributed by atoms with van der Waals surface area (Å²) in [7, 11) is 1.75. The van der Waals surface area contributed by atoms with Crippen LogP contribution in [0, 0.1) is 11.8 Å². The van der Waals surface area contributed by atoms with Crippen LogP contribution in [-0.4, -0.2) is 49.0 Å². The molecule has 1 N–H and O–H groups in total. The lowest BCUT2D eigenvalue weighted by atomic mass is 9.79. The second-order valence-corrected chi connectivity index (χ2v) is 6.72. The minimum absolute atomic E-state index is 0.141. The zero-order valence-electron chi connectivity index (χ0n) is 13.3. The van der Waals surface area contributed by atoms with Crippen LogP contribution in [-0.2, 0) is 4.74 Å². The Labute approximate surface area is 119 Å². The van der Waals surface area contributed by atoms with E-state index in [0.717, 1.165) is 31.5 Å². The second kappa shape index (κ2) is 8.23. The average Bonchev–Trinajstić information content (AvgIpc) is 2.43. The van der Waals surface area contributed by atoms with Gasteiger partial charge in [0.15, 0.2) is 0 Å². The van der Waals surface area contributed by atoms with E-state index in [9.17, 15) is 5.11 Å². The van der Waals surface area contributed by atoms with Crippen LogP contribution in [0.5, 0.6) is 0 Å². The molecule has 0 radical (unpaired) electrons. The van der Waals surface area contributed by atoms with Gasteiger partial charge in [-0.2, -0.15) is 0 Å². The monoisotopic (exact) mass is 271 g/mol. The van der Waals surface area contributed by atoms with Crippen molar-refractivity contribution in [3.63, 3.8) is 0 Å². The molecule has 1 saturated carbocycles. The maximum absolute atomic E-state index is 9.61. The highest BCUT2D eigenvalue weighted by Gasteiger charge is 2.30. The molecule has 3 nitrogen and oxygen atoms in total. The van der Waals surface area contributed by atoms with Crippen molar-refractivity contribution in [1.29, 1.82) is 0 Å². The van der Waals surface area contributed by atoms with E-state index >= 15 is 0 Å². The lowest BCUT2D eigenvalue weighted by Gasteiger charge is -2.41. The van der Waals surface area contributed by atoms with Crippen molar-refractivity contribution < 1.29 is 9.84 Å². The summed E-state index contributed by atoms with van der Waals surface area (Å²) < 4.78 is 5.22. The summed E-state index contributed by atoms with van der Waals surface area (Å²) >= 11 is 0. The molecule has 0 heterocycles. The van der Waals surface area contributed by atoms with Gasteiger partial charge < -0.3 is 9.84 Å². The number of hydrogen-bond acceptors (Lipinski definition) is 3. The Hall–Kier alpha value is -0.120. The molecule has 3 heteroatoms. The smallest absolute Gasteiger partial charge is 0.0610 e. The average molecular weight is 271 g/mol. The Balaban J connectivity index is 2.55. The number of nitrogens with zero attached hydrogens (tertiary/aromatic N) is 1. The number of rotatable bonds is 8. The maximum Gasteiger partial charge on any atom is 0.0610 e. The van der Waals surface area contributed by atoms with Crippen LogP contribution in [0.3, 0.4) is 0 Å². The molecule has 0 amide bonds. The number of aliphatic hydroxyl groups is 1. The number of aliphatic hydroxyl groups excluding tert-OH is 1. The third kappa shape index (κ3) is 5.41. The zero-order valence-corrected chi connectivity index (χ0v) is 13.3. The number of hydrogen-bond donors (Lipinski definition) is 1. The van der Waals surface area contributed by atoms with Gasteiger partial charge in [0.1, 0.15) is 0 Å². The molecule has 0 aromatic rings. The molecule has 19 heavy (non-hydrogen) atoms. The van der Waals surface area contributed by atoms with E-state index < -0.39 is 0 Å². The number of methoxy groups -OCH3 is 1. The molecule has 114 valence electrons. The van der Waals surface area contributed by atoms with Crippen LogP contribution < -0.4 is 0 Å². The molecule has 2 atom stereocenters. The van der Waals surface area contributed by atoms with Gasteiger partial charge >= 0.3 is 0 Å². The van der Waals surface area contributed by atoms with Crippen molar-refractivity contribution >= 4 is 0 Å². The first kappa shape index (κ1) is 16.9. The summed E-state index contributed by atoms with van der Waals surface area (Å²) in [5.74, 6) is 1.71. The fraction of sp³-hybridized carbons (Fsp3) is 1.00. The van der Waals surface area contributed by atoms with Crippen LogP contribution in [0.25, 0.3) is 0 Å². The summed E-state index contributed by atoms with van der Waals surface area (Å²) in [4.78, 5) is 2.42. The molecule has 1 rings (SSSR count). The van der Waals surface area contributed by atoms with E-state index in [1.165, 1.54) is 32.1 Å². The van der Waals surface area contributed by atoms with Crippen LogP contribution >= 0.6 is 0 Å². The van der Waals surface area contributed by atoms with Crippen LogP contribution in [0.4, 0.5) is 0 Å². The quantitative estimate of drug-likeness (QED) is 0.737. The minimum Gasteiger partial charge on any atom is -0.394 e. The van der Waals surface area contributed by atoms with Crippen molar-refractivity contribution in [3.05, 3.63) is 0 Å². The van der Waals surface area contributed by atoms with Crippen LogP contribution in [0.1, 0.15) is 52.9 Å². The predicted octanol–water partition coefficient (Wildman–Crippen LogP) is 2.92. The molecule has 0 aromatic heterocycles. The standard InChI is InChI=1S/C16H33NO2/c1-5-14-7-6-8-15(11-14)12-17(9-10-19-4)16(2,3)13-18/h14-15,18H,5-13H2,1-4H3/t14-,15-/m0/s1. The molecule has 0 aliphatic heterocycles.